The molecular weight excluding hydrogens is 330 g/mol. The number of piperazine rings is 1. The van der Waals surface area contributed by atoms with Crippen molar-refractivity contribution < 1.29 is 14.3 Å². The van der Waals surface area contributed by atoms with Crippen LogP contribution >= 0.6 is 0 Å². The smallest absolute Gasteiger partial charge is 0.231 e. The van der Waals surface area contributed by atoms with Crippen molar-refractivity contribution >= 4 is 5.91 Å². The molecule has 3 aliphatic rings. The highest BCUT2D eigenvalue weighted by molar-refractivity contribution is 5.76. The zero-order valence-corrected chi connectivity index (χ0v) is 16.1. The molecule has 26 heavy (non-hydrogen) atoms. The van der Waals surface area contributed by atoms with Gasteiger partial charge in [-0.05, 0) is 50.1 Å². The molecule has 0 aromatic heterocycles. The van der Waals surface area contributed by atoms with Crippen molar-refractivity contribution in [3.63, 3.8) is 0 Å². The number of likely N-dealkylation sites (N-methyl/N-ethyl adjacent to an activating group) is 1. The quantitative estimate of drug-likeness (QED) is 0.806. The zero-order chi connectivity index (χ0) is 18.3. The van der Waals surface area contributed by atoms with Gasteiger partial charge in [0.05, 0.1) is 0 Å². The summed E-state index contributed by atoms with van der Waals surface area (Å²) in [5.74, 6) is 1.99. The van der Waals surface area contributed by atoms with Gasteiger partial charge < -0.3 is 14.4 Å². The normalized spacial score (nSPS) is 27.2. The number of rotatable bonds is 2. The number of aryl methyl sites for hydroxylation is 1. The number of hydrogen-bond acceptors (Lipinski definition) is 5. The van der Waals surface area contributed by atoms with E-state index < -0.39 is 0 Å². The molecule has 2 saturated heterocycles. The highest BCUT2D eigenvalue weighted by Gasteiger charge is 2.41. The molecule has 1 aromatic rings. The highest BCUT2D eigenvalue weighted by Crippen LogP contribution is 2.36. The Bertz CT molecular complexity index is 708. The van der Waals surface area contributed by atoms with E-state index in [0.717, 1.165) is 57.1 Å². The van der Waals surface area contributed by atoms with E-state index in [1.54, 1.807) is 0 Å². The average Bonchev–Trinajstić information content (AvgIpc) is 3.02. The third kappa shape index (κ3) is 3.16. The van der Waals surface area contributed by atoms with Crippen LogP contribution in [0.15, 0.2) is 12.1 Å². The van der Waals surface area contributed by atoms with E-state index >= 15 is 0 Å². The molecule has 6 nitrogen and oxygen atoms in total. The van der Waals surface area contributed by atoms with Crippen LogP contribution in [0, 0.1) is 6.92 Å². The number of carbonyl (C=O) groups is 1. The Morgan fingerprint density at radius 2 is 1.85 bits per heavy atom. The summed E-state index contributed by atoms with van der Waals surface area (Å²) in [7, 11) is 4.15. The van der Waals surface area contributed by atoms with Gasteiger partial charge in [-0.3, -0.25) is 14.6 Å². The van der Waals surface area contributed by atoms with Gasteiger partial charge in [-0.25, -0.2) is 0 Å². The topological polar surface area (TPSA) is 45.2 Å². The maximum atomic E-state index is 12.1. The maximum absolute atomic E-state index is 12.1. The Morgan fingerprint density at radius 3 is 2.65 bits per heavy atom. The van der Waals surface area contributed by atoms with E-state index in [1.165, 1.54) is 11.1 Å². The van der Waals surface area contributed by atoms with Crippen molar-refractivity contribution in [2.45, 2.75) is 38.3 Å². The number of amides is 1. The molecule has 1 aromatic carbocycles. The van der Waals surface area contributed by atoms with E-state index in [-0.39, 0.29) is 11.4 Å². The van der Waals surface area contributed by atoms with Crippen molar-refractivity contribution in [2.75, 3.05) is 47.1 Å². The third-order valence-electron chi connectivity index (χ3n) is 6.45. The fourth-order valence-corrected chi connectivity index (χ4v) is 4.47. The Hall–Kier alpha value is -1.79. The van der Waals surface area contributed by atoms with Crippen LogP contribution in [0.5, 0.6) is 11.5 Å². The summed E-state index contributed by atoms with van der Waals surface area (Å²) in [6.45, 7) is 7.33. The standard InChI is InChI=1S/C20H29N3O3/c1-15-10-17-18(26-14-25-17)11-16(15)12-23-9-8-22(3)20(13-23)5-4-19(24)21(2)7-6-20/h10-11H,4-9,12-14H2,1-3H3/t20-/m1/s1. The molecule has 0 aliphatic carbocycles. The Morgan fingerprint density at radius 1 is 1.08 bits per heavy atom. The number of hydrogen-bond donors (Lipinski definition) is 0. The summed E-state index contributed by atoms with van der Waals surface area (Å²) >= 11 is 0. The van der Waals surface area contributed by atoms with Gasteiger partial charge in [-0.2, -0.15) is 0 Å². The third-order valence-corrected chi connectivity index (χ3v) is 6.45. The van der Waals surface area contributed by atoms with E-state index in [9.17, 15) is 4.79 Å². The fourth-order valence-electron chi connectivity index (χ4n) is 4.47. The van der Waals surface area contributed by atoms with Gasteiger partial charge in [-0.15, -0.1) is 0 Å². The first-order valence-corrected chi connectivity index (χ1v) is 9.53. The number of fused-ring (bicyclic) bond motifs is 1. The van der Waals surface area contributed by atoms with Gasteiger partial charge in [-0.1, -0.05) is 0 Å². The SMILES string of the molecule is Cc1cc2c(cc1CN1CCN(C)[C@@]3(CCC(=O)N(C)CC3)C1)OCO2. The minimum absolute atomic E-state index is 0.100. The largest absolute Gasteiger partial charge is 0.454 e. The summed E-state index contributed by atoms with van der Waals surface area (Å²) in [5.41, 5.74) is 2.65. The van der Waals surface area contributed by atoms with Crippen LogP contribution < -0.4 is 9.47 Å². The van der Waals surface area contributed by atoms with Gasteiger partial charge >= 0.3 is 0 Å². The lowest BCUT2D eigenvalue weighted by Crippen LogP contribution is -2.60. The monoisotopic (exact) mass is 359 g/mol. The lowest BCUT2D eigenvalue weighted by molar-refractivity contribution is -0.129. The summed E-state index contributed by atoms with van der Waals surface area (Å²) < 4.78 is 11.0. The van der Waals surface area contributed by atoms with Crippen LogP contribution in [0.4, 0.5) is 0 Å². The molecule has 142 valence electrons. The first kappa shape index (κ1) is 17.6. The molecule has 3 aliphatic heterocycles. The van der Waals surface area contributed by atoms with Gasteiger partial charge in [0.2, 0.25) is 12.7 Å². The number of benzene rings is 1. The molecule has 3 heterocycles. The first-order valence-electron chi connectivity index (χ1n) is 9.53. The van der Waals surface area contributed by atoms with Gasteiger partial charge in [0.15, 0.2) is 11.5 Å². The molecule has 6 heteroatoms. The van der Waals surface area contributed by atoms with E-state index in [2.05, 4.69) is 35.9 Å². The van der Waals surface area contributed by atoms with Gasteiger partial charge in [0.25, 0.3) is 0 Å². The van der Waals surface area contributed by atoms with E-state index in [1.807, 2.05) is 11.9 Å². The summed E-state index contributed by atoms with van der Waals surface area (Å²) in [4.78, 5) is 19.1. The number of carbonyl (C=O) groups excluding carboxylic acids is 1. The second kappa shape index (κ2) is 6.74. The molecule has 0 saturated carbocycles. The van der Waals surface area contributed by atoms with E-state index in [0.29, 0.717) is 13.2 Å². The zero-order valence-electron chi connectivity index (χ0n) is 16.1. The summed E-state index contributed by atoms with van der Waals surface area (Å²) in [5, 5.41) is 0. The number of ether oxygens (including phenoxy) is 2. The summed E-state index contributed by atoms with van der Waals surface area (Å²) in [6, 6.07) is 4.22. The van der Waals surface area contributed by atoms with Gasteiger partial charge in [0.1, 0.15) is 0 Å². The molecular formula is C20H29N3O3. The average molecular weight is 359 g/mol. The Kier molecular flexibility index (Phi) is 4.57. The molecule has 2 fully saturated rings. The van der Waals surface area contributed by atoms with Crippen LogP contribution in [0.25, 0.3) is 0 Å². The lowest BCUT2D eigenvalue weighted by atomic mass is 9.86. The van der Waals surface area contributed by atoms with Crippen molar-refractivity contribution in [3.05, 3.63) is 23.3 Å². The van der Waals surface area contributed by atoms with Crippen LogP contribution in [0.3, 0.4) is 0 Å². The van der Waals surface area contributed by atoms with Crippen molar-refractivity contribution in [3.8, 4) is 11.5 Å². The predicted molar refractivity (Wildman–Crippen MR) is 99.4 cm³/mol. The summed E-state index contributed by atoms with van der Waals surface area (Å²) in [6.07, 6.45) is 2.64. The van der Waals surface area contributed by atoms with Crippen molar-refractivity contribution in [2.24, 2.45) is 0 Å². The van der Waals surface area contributed by atoms with Crippen LogP contribution in [0.1, 0.15) is 30.4 Å². The predicted octanol–water partition coefficient (Wildman–Crippen LogP) is 1.85. The van der Waals surface area contributed by atoms with Gasteiger partial charge in [0, 0.05) is 51.7 Å². The number of likely N-dealkylation sites (tertiary alicyclic amines) is 1. The molecule has 0 radical (unpaired) electrons. The fraction of sp³-hybridized carbons (Fsp3) is 0.650. The molecule has 0 N–H and O–H groups in total. The molecule has 0 bridgehead atoms. The molecule has 1 spiro atoms. The number of nitrogens with zero attached hydrogens (tertiary/aromatic N) is 3. The van der Waals surface area contributed by atoms with Crippen LogP contribution in [0.2, 0.25) is 0 Å². The van der Waals surface area contributed by atoms with Crippen LogP contribution in [-0.4, -0.2) is 73.2 Å². The Labute approximate surface area is 155 Å². The van der Waals surface area contributed by atoms with Crippen molar-refractivity contribution in [1.82, 2.24) is 14.7 Å². The maximum Gasteiger partial charge on any atom is 0.231 e. The Balaban J connectivity index is 1.51. The second-order valence-corrected chi connectivity index (χ2v) is 8.05. The lowest BCUT2D eigenvalue weighted by Gasteiger charge is -2.49. The molecule has 0 unspecified atom stereocenters. The highest BCUT2D eigenvalue weighted by atomic mass is 16.7. The van der Waals surface area contributed by atoms with Crippen LogP contribution in [-0.2, 0) is 11.3 Å². The second-order valence-electron chi connectivity index (χ2n) is 8.05. The molecule has 1 amide bonds. The first-order chi connectivity index (χ1) is 12.5. The molecule has 1 atom stereocenters. The van der Waals surface area contributed by atoms with Crippen molar-refractivity contribution in [1.29, 1.82) is 0 Å². The molecule has 4 rings (SSSR count). The van der Waals surface area contributed by atoms with E-state index in [4.69, 9.17) is 9.47 Å². The minimum Gasteiger partial charge on any atom is -0.454 e. The minimum atomic E-state index is 0.100.